The first-order chi connectivity index (χ1) is 27.9. The molecule has 2 saturated heterocycles. The predicted octanol–water partition coefficient (Wildman–Crippen LogP) is 6.59. The van der Waals surface area contributed by atoms with E-state index in [9.17, 15) is 19.2 Å². The third-order valence-electron chi connectivity index (χ3n) is 11.1. The van der Waals surface area contributed by atoms with Crippen LogP contribution in [0.4, 0.5) is 9.59 Å². The number of amides is 4. The Morgan fingerprint density at radius 1 is 0.655 bits per heavy atom. The zero-order chi connectivity index (χ0) is 41.1. The summed E-state index contributed by atoms with van der Waals surface area (Å²) >= 11 is 0. The highest BCUT2D eigenvalue weighted by Crippen LogP contribution is 2.35. The molecule has 302 valence electrons. The number of H-pyrrole nitrogens is 2. The Morgan fingerprint density at radius 2 is 1.10 bits per heavy atom. The summed E-state index contributed by atoms with van der Waals surface area (Å²) in [6.45, 7) is 8.77. The van der Waals surface area contributed by atoms with Crippen molar-refractivity contribution in [1.82, 2.24) is 40.4 Å². The summed E-state index contributed by atoms with van der Waals surface area (Å²) in [4.78, 5) is 71.3. The molecule has 0 aliphatic carbocycles. The van der Waals surface area contributed by atoms with Gasteiger partial charge < -0.3 is 39.9 Å². The Labute approximate surface area is 337 Å². The molecule has 0 saturated carbocycles. The number of aromatic nitrogens is 4. The molecule has 4 amide bonds. The van der Waals surface area contributed by atoms with E-state index in [1.54, 1.807) is 4.90 Å². The number of aromatic amines is 2. The zero-order valence-corrected chi connectivity index (χ0v) is 33.7. The smallest absolute Gasteiger partial charge is 0.407 e. The van der Waals surface area contributed by atoms with Gasteiger partial charge in [-0.25, -0.2) is 19.6 Å². The van der Waals surface area contributed by atoms with Gasteiger partial charge in [-0.1, -0.05) is 57.7 Å². The topological polar surface area (TPSA) is 175 Å². The van der Waals surface area contributed by atoms with Gasteiger partial charge >= 0.3 is 12.2 Å². The summed E-state index contributed by atoms with van der Waals surface area (Å²) < 4.78 is 9.52. The number of likely N-dealkylation sites (tertiary alicyclic amines) is 2. The fourth-order valence-electron chi connectivity index (χ4n) is 7.91. The SMILES string of the molecule is COC(=O)NC(C(=O)N1CCC[C@H]1c1nc2ccc(C#Cc3ccc(-c4ccc5nc([C@@H]6CCCN6C(=O)[C@@H](NC(=O)OC)C(C)C)[nH]c5c4)cc3)cc2[nH]1)C(C)C. The number of benzene rings is 3. The lowest BCUT2D eigenvalue weighted by Crippen LogP contribution is -2.51. The van der Waals surface area contributed by atoms with Crippen LogP contribution >= 0.6 is 0 Å². The molecule has 58 heavy (non-hydrogen) atoms. The summed E-state index contributed by atoms with van der Waals surface area (Å²) in [7, 11) is 2.58. The van der Waals surface area contributed by atoms with Gasteiger partial charge in [-0.2, -0.15) is 0 Å². The van der Waals surface area contributed by atoms with Gasteiger partial charge in [0, 0.05) is 24.2 Å². The number of imidazole rings is 2. The number of ether oxygens (including phenoxy) is 2. The monoisotopic (exact) mass is 786 g/mol. The van der Waals surface area contributed by atoms with Crippen molar-refractivity contribution >= 4 is 46.1 Å². The molecule has 4 atom stereocenters. The van der Waals surface area contributed by atoms with E-state index in [1.165, 1.54) is 14.2 Å². The van der Waals surface area contributed by atoms with Crippen molar-refractivity contribution in [3.8, 4) is 23.0 Å². The summed E-state index contributed by atoms with van der Waals surface area (Å²) in [6.07, 6.45) is 1.98. The number of carbonyl (C=O) groups excluding carboxylic acids is 4. The number of methoxy groups -OCH3 is 2. The van der Waals surface area contributed by atoms with Gasteiger partial charge in [0.25, 0.3) is 0 Å². The molecule has 0 spiro atoms. The van der Waals surface area contributed by atoms with Gasteiger partial charge in [0.05, 0.1) is 48.4 Å². The Kier molecular flexibility index (Phi) is 11.7. The molecule has 4 N–H and O–H groups in total. The van der Waals surface area contributed by atoms with Crippen LogP contribution in [0.3, 0.4) is 0 Å². The first kappa shape index (κ1) is 39.9. The Morgan fingerprint density at radius 3 is 1.60 bits per heavy atom. The lowest BCUT2D eigenvalue weighted by Gasteiger charge is -2.29. The van der Waals surface area contributed by atoms with Crippen molar-refractivity contribution in [2.75, 3.05) is 27.3 Å². The molecule has 14 heteroatoms. The van der Waals surface area contributed by atoms with Crippen molar-refractivity contribution < 1.29 is 28.7 Å². The fourth-order valence-corrected chi connectivity index (χ4v) is 7.91. The summed E-state index contributed by atoms with van der Waals surface area (Å²) in [5.74, 6) is 7.49. The second-order valence-corrected chi connectivity index (χ2v) is 15.6. The van der Waals surface area contributed by atoms with E-state index in [4.69, 9.17) is 19.4 Å². The summed E-state index contributed by atoms with van der Waals surface area (Å²) in [5.41, 5.74) is 7.07. The van der Waals surface area contributed by atoms with E-state index in [2.05, 4.69) is 38.5 Å². The average Bonchev–Trinajstić information content (AvgIpc) is 4.05. The first-order valence-corrected chi connectivity index (χ1v) is 19.9. The van der Waals surface area contributed by atoms with Crippen molar-refractivity contribution in [3.05, 3.63) is 83.4 Å². The van der Waals surface area contributed by atoms with Crippen LogP contribution in [0.1, 0.15) is 88.2 Å². The molecular formula is C44H50N8O6. The van der Waals surface area contributed by atoms with Crippen LogP contribution in [0.15, 0.2) is 60.7 Å². The van der Waals surface area contributed by atoms with E-state index < -0.39 is 24.3 Å². The number of nitrogens with zero attached hydrogens (tertiary/aromatic N) is 4. The van der Waals surface area contributed by atoms with Gasteiger partial charge in [0.1, 0.15) is 23.7 Å². The van der Waals surface area contributed by atoms with Gasteiger partial charge in [-0.15, -0.1) is 0 Å². The van der Waals surface area contributed by atoms with Crippen LogP contribution in [-0.4, -0.2) is 93.1 Å². The minimum absolute atomic E-state index is 0.109. The first-order valence-electron chi connectivity index (χ1n) is 19.9. The Hall–Kier alpha value is -6.36. The van der Waals surface area contributed by atoms with Crippen molar-refractivity contribution in [2.24, 2.45) is 11.8 Å². The summed E-state index contributed by atoms with van der Waals surface area (Å²) in [5, 5.41) is 5.40. The van der Waals surface area contributed by atoms with E-state index in [-0.39, 0.29) is 35.7 Å². The highest BCUT2D eigenvalue weighted by atomic mass is 16.5. The molecule has 2 aromatic heterocycles. The van der Waals surface area contributed by atoms with Gasteiger partial charge in [-0.3, -0.25) is 9.59 Å². The normalized spacial score (nSPS) is 17.7. The van der Waals surface area contributed by atoms with Crippen LogP contribution in [0.2, 0.25) is 0 Å². The molecule has 2 fully saturated rings. The molecule has 7 rings (SSSR count). The van der Waals surface area contributed by atoms with Crippen LogP contribution in [0.25, 0.3) is 33.2 Å². The fraction of sp³-hybridized carbons (Fsp3) is 0.409. The maximum Gasteiger partial charge on any atom is 0.407 e. The second kappa shape index (κ2) is 17.0. The number of hydrogen-bond acceptors (Lipinski definition) is 8. The maximum absolute atomic E-state index is 13.6. The number of fused-ring (bicyclic) bond motifs is 2. The van der Waals surface area contributed by atoms with E-state index >= 15 is 0 Å². The Bertz CT molecular complexity index is 2390. The molecule has 2 aliphatic heterocycles. The molecular weight excluding hydrogens is 737 g/mol. The van der Waals surface area contributed by atoms with Crippen LogP contribution in [-0.2, 0) is 19.1 Å². The van der Waals surface area contributed by atoms with Crippen LogP contribution in [0.5, 0.6) is 0 Å². The highest BCUT2D eigenvalue weighted by Gasteiger charge is 2.39. The standard InChI is InChI=1S/C44H50N8O6/c1-25(2)37(49-43(55)57-5)41(53)51-21-7-9-35(51)39-45-31-19-15-28(23-33(31)47-39)12-11-27-13-16-29(17-14-27)30-18-20-32-34(24-30)48-40(46-32)36-10-8-22-52(36)42(54)38(26(3)4)50-44(56)58-6/h13-20,23-26,35-38H,7-10,21-22H2,1-6H3,(H,45,47)(H,46,48)(H,49,55)(H,50,56)/t35-,36-,37?,38-/m0/s1. The molecule has 2 aliphatic rings. The largest absolute Gasteiger partial charge is 0.453 e. The van der Waals surface area contributed by atoms with Gasteiger partial charge in [0.2, 0.25) is 11.8 Å². The number of hydrogen-bond donors (Lipinski definition) is 4. The van der Waals surface area contributed by atoms with Crippen LogP contribution in [0, 0.1) is 23.7 Å². The van der Waals surface area contributed by atoms with E-state index in [0.717, 1.165) is 75.8 Å². The molecule has 4 heterocycles. The number of carbonyl (C=O) groups is 4. The predicted molar refractivity (Wildman–Crippen MR) is 219 cm³/mol. The van der Waals surface area contributed by atoms with E-state index in [0.29, 0.717) is 18.9 Å². The third-order valence-corrected chi connectivity index (χ3v) is 11.1. The van der Waals surface area contributed by atoms with E-state index in [1.807, 2.05) is 87.2 Å². The van der Waals surface area contributed by atoms with Crippen molar-refractivity contribution in [3.63, 3.8) is 0 Å². The molecule has 14 nitrogen and oxygen atoms in total. The minimum atomic E-state index is -0.696. The molecule has 5 aromatic rings. The quantitative estimate of drug-likeness (QED) is 0.121. The average molecular weight is 787 g/mol. The third kappa shape index (κ3) is 8.34. The second-order valence-electron chi connectivity index (χ2n) is 15.6. The van der Waals surface area contributed by atoms with Gasteiger partial charge in [-0.05, 0) is 91.1 Å². The zero-order valence-electron chi connectivity index (χ0n) is 33.7. The lowest BCUT2D eigenvalue weighted by molar-refractivity contribution is -0.136. The number of nitrogens with one attached hydrogen (secondary N) is 4. The van der Waals surface area contributed by atoms with Crippen molar-refractivity contribution in [2.45, 2.75) is 77.5 Å². The molecule has 0 bridgehead atoms. The van der Waals surface area contributed by atoms with Crippen LogP contribution < -0.4 is 10.6 Å². The molecule has 3 aromatic carbocycles. The molecule has 1 unspecified atom stereocenters. The minimum Gasteiger partial charge on any atom is -0.453 e. The number of alkyl carbamates (subject to hydrolysis) is 2. The Balaban J connectivity index is 1.03. The van der Waals surface area contributed by atoms with Gasteiger partial charge in [0.15, 0.2) is 0 Å². The lowest BCUT2D eigenvalue weighted by atomic mass is 10.0. The maximum atomic E-state index is 13.6. The summed E-state index contributed by atoms with van der Waals surface area (Å²) in [6, 6.07) is 18.2. The molecule has 0 radical (unpaired) electrons. The van der Waals surface area contributed by atoms with Crippen molar-refractivity contribution in [1.29, 1.82) is 0 Å². The number of rotatable bonds is 9. The highest BCUT2D eigenvalue weighted by molar-refractivity contribution is 5.88.